The molecular formula is C19H20N4O4S. The average molecular weight is 400 g/mol. The predicted octanol–water partition coefficient (Wildman–Crippen LogP) is 2.27. The zero-order valence-corrected chi connectivity index (χ0v) is 16.1. The van der Waals surface area contributed by atoms with Crippen molar-refractivity contribution in [1.82, 2.24) is 9.97 Å². The summed E-state index contributed by atoms with van der Waals surface area (Å²) in [6.45, 7) is 1.73. The van der Waals surface area contributed by atoms with Crippen LogP contribution >= 0.6 is 0 Å². The zero-order chi connectivity index (χ0) is 19.9. The third-order valence-corrected chi connectivity index (χ3v) is 6.61. The van der Waals surface area contributed by atoms with Crippen molar-refractivity contribution in [3.8, 4) is 0 Å². The van der Waals surface area contributed by atoms with E-state index >= 15 is 0 Å². The molecule has 8 nitrogen and oxygen atoms in total. The summed E-state index contributed by atoms with van der Waals surface area (Å²) in [4.78, 5) is 34.4. The predicted molar refractivity (Wildman–Crippen MR) is 102 cm³/mol. The number of sulfonamides is 1. The van der Waals surface area contributed by atoms with Gasteiger partial charge in [0.05, 0.1) is 22.4 Å². The van der Waals surface area contributed by atoms with Gasteiger partial charge in [-0.05, 0) is 50.1 Å². The SMILES string of the molecule is Cc1ccnc(NS(=O)(=O)c2ccc(N3C(=O)[C@H]4CCCC[C@H]4C3=O)cc2)n1. The minimum Gasteiger partial charge on any atom is -0.274 e. The van der Waals surface area contributed by atoms with Crippen LogP contribution in [0.3, 0.4) is 0 Å². The van der Waals surface area contributed by atoms with Crippen LogP contribution in [0.1, 0.15) is 31.4 Å². The summed E-state index contributed by atoms with van der Waals surface area (Å²) in [5.41, 5.74) is 1.03. The number of nitrogens with one attached hydrogen (secondary N) is 1. The van der Waals surface area contributed by atoms with Crippen LogP contribution in [0, 0.1) is 18.8 Å². The first-order chi connectivity index (χ1) is 13.4. The van der Waals surface area contributed by atoms with Crippen molar-refractivity contribution in [2.24, 2.45) is 11.8 Å². The highest BCUT2D eigenvalue weighted by molar-refractivity contribution is 7.92. The van der Waals surface area contributed by atoms with E-state index in [9.17, 15) is 18.0 Å². The molecule has 1 aliphatic heterocycles. The monoisotopic (exact) mass is 400 g/mol. The number of hydrogen-bond donors (Lipinski definition) is 1. The molecular weight excluding hydrogens is 380 g/mol. The number of amides is 2. The normalized spacial score (nSPS) is 22.2. The molecule has 0 unspecified atom stereocenters. The van der Waals surface area contributed by atoms with E-state index in [2.05, 4.69) is 14.7 Å². The van der Waals surface area contributed by atoms with Crippen LogP contribution in [-0.2, 0) is 19.6 Å². The fourth-order valence-electron chi connectivity index (χ4n) is 3.87. The molecule has 0 radical (unpaired) electrons. The topological polar surface area (TPSA) is 109 Å². The number of imide groups is 1. The van der Waals surface area contributed by atoms with Crippen molar-refractivity contribution in [1.29, 1.82) is 0 Å². The Morgan fingerprint density at radius 2 is 1.61 bits per heavy atom. The number of anilines is 2. The number of rotatable bonds is 4. The van der Waals surface area contributed by atoms with E-state index in [0.29, 0.717) is 11.4 Å². The summed E-state index contributed by atoms with van der Waals surface area (Å²) in [5.74, 6) is -0.874. The largest absolute Gasteiger partial charge is 0.274 e. The summed E-state index contributed by atoms with van der Waals surface area (Å²) in [6, 6.07) is 7.37. The number of fused-ring (bicyclic) bond motifs is 1. The van der Waals surface area contributed by atoms with E-state index in [0.717, 1.165) is 25.7 Å². The number of carbonyl (C=O) groups is 2. The lowest BCUT2D eigenvalue weighted by atomic mass is 9.81. The molecule has 28 heavy (non-hydrogen) atoms. The highest BCUT2D eigenvalue weighted by atomic mass is 32.2. The average Bonchev–Trinajstić information content (AvgIpc) is 2.93. The van der Waals surface area contributed by atoms with Gasteiger partial charge in [-0.2, -0.15) is 0 Å². The number of benzene rings is 1. The van der Waals surface area contributed by atoms with E-state index in [-0.39, 0.29) is 34.5 Å². The fraction of sp³-hybridized carbons (Fsp3) is 0.368. The molecule has 9 heteroatoms. The molecule has 2 fully saturated rings. The van der Waals surface area contributed by atoms with Gasteiger partial charge in [0.2, 0.25) is 17.8 Å². The fourth-order valence-corrected chi connectivity index (χ4v) is 4.82. The maximum Gasteiger partial charge on any atom is 0.264 e. The maximum absolute atomic E-state index is 12.7. The summed E-state index contributed by atoms with van der Waals surface area (Å²) in [7, 11) is -3.88. The van der Waals surface area contributed by atoms with Crippen LogP contribution < -0.4 is 9.62 Å². The maximum atomic E-state index is 12.7. The molecule has 2 atom stereocenters. The van der Waals surface area contributed by atoms with Gasteiger partial charge in [0.1, 0.15) is 0 Å². The van der Waals surface area contributed by atoms with Crippen LogP contribution in [0.2, 0.25) is 0 Å². The minimum atomic E-state index is -3.88. The van der Waals surface area contributed by atoms with Crippen molar-refractivity contribution >= 4 is 33.5 Å². The molecule has 2 heterocycles. The Bertz CT molecular complexity index is 1010. The van der Waals surface area contributed by atoms with Gasteiger partial charge in [-0.3, -0.25) is 14.5 Å². The van der Waals surface area contributed by atoms with Gasteiger partial charge < -0.3 is 0 Å². The Labute approximate surface area is 163 Å². The molecule has 0 bridgehead atoms. The number of hydrogen-bond acceptors (Lipinski definition) is 6. The van der Waals surface area contributed by atoms with E-state index in [4.69, 9.17) is 0 Å². The highest BCUT2D eigenvalue weighted by Gasteiger charge is 2.48. The molecule has 2 aromatic rings. The Morgan fingerprint density at radius 1 is 1.00 bits per heavy atom. The molecule has 1 saturated carbocycles. The second-order valence-electron chi connectivity index (χ2n) is 7.13. The lowest BCUT2D eigenvalue weighted by molar-refractivity contribution is -0.122. The lowest BCUT2D eigenvalue weighted by Gasteiger charge is -2.19. The molecule has 1 N–H and O–H groups in total. The molecule has 1 aliphatic carbocycles. The molecule has 2 aliphatic rings. The zero-order valence-electron chi connectivity index (χ0n) is 15.3. The second-order valence-corrected chi connectivity index (χ2v) is 8.81. The molecule has 1 aromatic carbocycles. The molecule has 0 spiro atoms. The molecule has 1 aromatic heterocycles. The van der Waals surface area contributed by atoms with E-state index in [1.54, 1.807) is 13.0 Å². The van der Waals surface area contributed by atoms with Gasteiger partial charge in [-0.25, -0.2) is 23.1 Å². The molecule has 4 rings (SSSR count). The van der Waals surface area contributed by atoms with E-state index in [1.165, 1.54) is 35.4 Å². The number of nitrogens with zero attached hydrogens (tertiary/aromatic N) is 3. The number of aryl methyl sites for hydroxylation is 1. The first-order valence-corrected chi connectivity index (χ1v) is 10.7. The van der Waals surface area contributed by atoms with Gasteiger partial charge in [0.15, 0.2) is 0 Å². The standard InChI is InChI=1S/C19H20N4O4S/c1-12-10-11-20-19(21-12)22-28(26,27)14-8-6-13(7-9-14)23-17(24)15-4-2-3-5-16(15)18(23)25/h6-11,15-16H,2-5H2,1H3,(H,20,21,22)/t15-,16+. The highest BCUT2D eigenvalue weighted by Crippen LogP contribution is 2.40. The van der Waals surface area contributed by atoms with Crippen LogP contribution in [0.5, 0.6) is 0 Å². The summed E-state index contributed by atoms with van der Waals surface area (Å²) < 4.78 is 27.4. The van der Waals surface area contributed by atoms with Gasteiger partial charge in [0.25, 0.3) is 10.0 Å². The first kappa shape index (κ1) is 18.5. The van der Waals surface area contributed by atoms with Crippen molar-refractivity contribution in [2.45, 2.75) is 37.5 Å². The van der Waals surface area contributed by atoms with Crippen molar-refractivity contribution in [3.63, 3.8) is 0 Å². The van der Waals surface area contributed by atoms with Gasteiger partial charge in [-0.1, -0.05) is 12.8 Å². The molecule has 2 amide bonds. The van der Waals surface area contributed by atoms with E-state index < -0.39 is 10.0 Å². The van der Waals surface area contributed by atoms with Gasteiger partial charge in [0, 0.05) is 11.9 Å². The summed E-state index contributed by atoms with van der Waals surface area (Å²) in [5, 5.41) is 0. The second kappa shape index (κ2) is 6.97. The number of aromatic nitrogens is 2. The van der Waals surface area contributed by atoms with Crippen LogP contribution in [0.25, 0.3) is 0 Å². The summed E-state index contributed by atoms with van der Waals surface area (Å²) in [6.07, 6.45) is 4.85. The Balaban J connectivity index is 1.57. The Morgan fingerprint density at radius 3 is 2.18 bits per heavy atom. The molecule has 1 saturated heterocycles. The van der Waals surface area contributed by atoms with Gasteiger partial charge in [-0.15, -0.1) is 0 Å². The van der Waals surface area contributed by atoms with Crippen LogP contribution in [0.15, 0.2) is 41.4 Å². The van der Waals surface area contributed by atoms with Crippen LogP contribution in [-0.4, -0.2) is 30.2 Å². The Hall–Kier alpha value is -2.81. The summed E-state index contributed by atoms with van der Waals surface area (Å²) >= 11 is 0. The first-order valence-electron chi connectivity index (χ1n) is 9.17. The lowest BCUT2D eigenvalue weighted by Crippen LogP contribution is -2.30. The van der Waals surface area contributed by atoms with Gasteiger partial charge >= 0.3 is 0 Å². The quantitative estimate of drug-likeness (QED) is 0.789. The smallest absolute Gasteiger partial charge is 0.264 e. The van der Waals surface area contributed by atoms with Crippen molar-refractivity contribution in [2.75, 3.05) is 9.62 Å². The van der Waals surface area contributed by atoms with E-state index in [1.807, 2.05) is 0 Å². The van der Waals surface area contributed by atoms with Crippen molar-refractivity contribution < 1.29 is 18.0 Å². The Kier molecular flexibility index (Phi) is 4.62. The third kappa shape index (κ3) is 3.26. The van der Waals surface area contributed by atoms with Crippen LogP contribution in [0.4, 0.5) is 11.6 Å². The minimum absolute atomic E-state index is 0.00197. The molecule has 146 valence electrons. The van der Waals surface area contributed by atoms with Crippen molar-refractivity contribution in [3.05, 3.63) is 42.2 Å². The third-order valence-electron chi connectivity index (χ3n) is 5.27. The number of carbonyl (C=O) groups excluding carboxylic acids is 2.